The fourth-order valence-corrected chi connectivity index (χ4v) is 1.45. The number of nitro groups is 1. The van der Waals surface area contributed by atoms with Crippen molar-refractivity contribution >= 4 is 23.0 Å². The molecule has 88 valence electrons. The van der Waals surface area contributed by atoms with Crippen LogP contribution in [-0.4, -0.2) is 25.1 Å². The first kappa shape index (κ1) is 12.7. The molecule has 0 saturated heterocycles. The number of nitrogens with two attached hydrogens (primary N) is 1. The Kier molecular flexibility index (Phi) is 4.03. The summed E-state index contributed by atoms with van der Waals surface area (Å²) in [5.74, 6) is -0.689. The van der Waals surface area contributed by atoms with E-state index >= 15 is 0 Å². The van der Waals surface area contributed by atoms with Crippen LogP contribution < -0.4 is 10.6 Å². The Bertz CT molecular complexity index is 414. The molecule has 0 aliphatic heterocycles. The molecule has 0 aliphatic rings. The zero-order chi connectivity index (χ0) is 12.3. The Balaban J connectivity index is 3.24. The van der Waals surface area contributed by atoms with E-state index in [2.05, 4.69) is 0 Å². The summed E-state index contributed by atoms with van der Waals surface area (Å²) in [5, 5.41) is 10.5. The van der Waals surface area contributed by atoms with Crippen LogP contribution in [-0.2, 0) is 0 Å². The molecular formula is C9H11ClFN3O2. The third kappa shape index (κ3) is 2.59. The van der Waals surface area contributed by atoms with Gasteiger partial charge in [0, 0.05) is 32.3 Å². The minimum absolute atomic E-state index is 0.164. The Morgan fingerprint density at radius 2 is 2.25 bits per heavy atom. The van der Waals surface area contributed by atoms with E-state index in [0.29, 0.717) is 13.1 Å². The van der Waals surface area contributed by atoms with Gasteiger partial charge >= 0.3 is 0 Å². The van der Waals surface area contributed by atoms with Gasteiger partial charge in [0.25, 0.3) is 5.69 Å². The highest BCUT2D eigenvalue weighted by Gasteiger charge is 2.20. The lowest BCUT2D eigenvalue weighted by atomic mass is 10.2. The number of rotatable bonds is 4. The first-order valence-corrected chi connectivity index (χ1v) is 4.89. The van der Waals surface area contributed by atoms with Gasteiger partial charge in [-0.25, -0.2) is 4.39 Å². The summed E-state index contributed by atoms with van der Waals surface area (Å²) in [4.78, 5) is 11.7. The molecule has 0 atom stereocenters. The van der Waals surface area contributed by atoms with Gasteiger partial charge in [-0.3, -0.25) is 10.1 Å². The fourth-order valence-electron chi connectivity index (χ4n) is 1.29. The zero-order valence-electron chi connectivity index (χ0n) is 8.61. The Labute approximate surface area is 96.7 Å². The highest BCUT2D eigenvalue weighted by Crippen LogP contribution is 2.32. The first-order valence-electron chi connectivity index (χ1n) is 4.52. The summed E-state index contributed by atoms with van der Waals surface area (Å²) < 4.78 is 13.2. The number of halogens is 2. The van der Waals surface area contributed by atoms with E-state index in [1.54, 1.807) is 7.05 Å². The van der Waals surface area contributed by atoms with Crippen LogP contribution in [0.3, 0.4) is 0 Å². The van der Waals surface area contributed by atoms with Crippen LogP contribution >= 0.6 is 11.6 Å². The van der Waals surface area contributed by atoms with Crippen LogP contribution in [0.15, 0.2) is 12.1 Å². The normalized spacial score (nSPS) is 10.2. The second-order valence-electron chi connectivity index (χ2n) is 3.22. The van der Waals surface area contributed by atoms with Gasteiger partial charge < -0.3 is 10.6 Å². The second kappa shape index (κ2) is 5.09. The number of hydrogen-bond donors (Lipinski definition) is 1. The Morgan fingerprint density at radius 3 is 2.75 bits per heavy atom. The highest BCUT2D eigenvalue weighted by molar-refractivity contribution is 6.31. The van der Waals surface area contributed by atoms with E-state index in [4.69, 9.17) is 17.3 Å². The smallest absolute Gasteiger partial charge is 0.294 e. The van der Waals surface area contributed by atoms with Gasteiger partial charge in [-0.2, -0.15) is 0 Å². The fraction of sp³-hybridized carbons (Fsp3) is 0.333. The van der Waals surface area contributed by atoms with E-state index in [0.717, 1.165) is 12.1 Å². The molecular weight excluding hydrogens is 237 g/mol. The van der Waals surface area contributed by atoms with Crippen molar-refractivity contribution in [2.75, 3.05) is 25.0 Å². The minimum atomic E-state index is -0.689. The highest BCUT2D eigenvalue weighted by atomic mass is 35.5. The van der Waals surface area contributed by atoms with Gasteiger partial charge in [-0.15, -0.1) is 0 Å². The molecule has 0 unspecified atom stereocenters. The largest absolute Gasteiger partial charge is 0.368 e. The van der Waals surface area contributed by atoms with Gasteiger partial charge in [0.05, 0.1) is 9.95 Å². The predicted molar refractivity (Wildman–Crippen MR) is 60.4 cm³/mol. The van der Waals surface area contributed by atoms with Crippen LogP contribution in [0, 0.1) is 15.9 Å². The number of hydrogen-bond acceptors (Lipinski definition) is 4. The molecule has 0 bridgehead atoms. The molecule has 0 spiro atoms. The molecule has 1 rings (SSSR count). The molecule has 5 nitrogen and oxygen atoms in total. The van der Waals surface area contributed by atoms with Crippen molar-refractivity contribution in [3.05, 3.63) is 33.1 Å². The van der Waals surface area contributed by atoms with E-state index < -0.39 is 10.7 Å². The van der Waals surface area contributed by atoms with E-state index in [-0.39, 0.29) is 16.4 Å². The van der Waals surface area contributed by atoms with Crippen molar-refractivity contribution in [3.8, 4) is 0 Å². The molecule has 1 aromatic rings. The predicted octanol–water partition coefficient (Wildman–Crippen LogP) is 1.78. The molecule has 2 N–H and O–H groups in total. The summed E-state index contributed by atoms with van der Waals surface area (Å²) >= 11 is 5.49. The average Bonchev–Trinajstić information content (AvgIpc) is 2.21. The van der Waals surface area contributed by atoms with Crippen molar-refractivity contribution in [2.24, 2.45) is 5.73 Å². The molecule has 0 aromatic heterocycles. The van der Waals surface area contributed by atoms with Gasteiger partial charge in [0.15, 0.2) is 0 Å². The topological polar surface area (TPSA) is 72.4 Å². The van der Waals surface area contributed by atoms with Crippen LogP contribution in [0.1, 0.15) is 0 Å². The second-order valence-corrected chi connectivity index (χ2v) is 3.63. The van der Waals surface area contributed by atoms with Crippen molar-refractivity contribution < 1.29 is 9.31 Å². The van der Waals surface area contributed by atoms with Gasteiger partial charge in [0.2, 0.25) is 0 Å². The summed E-state index contributed by atoms with van der Waals surface area (Å²) in [5.41, 5.74) is 5.26. The van der Waals surface area contributed by atoms with Gasteiger partial charge in [-0.05, 0) is 0 Å². The zero-order valence-corrected chi connectivity index (χ0v) is 9.37. The summed E-state index contributed by atoms with van der Waals surface area (Å²) in [7, 11) is 1.60. The molecule has 1 aromatic carbocycles. The lowest BCUT2D eigenvalue weighted by Gasteiger charge is -2.18. The molecule has 0 fully saturated rings. The summed E-state index contributed by atoms with van der Waals surface area (Å²) in [6.45, 7) is 0.708. The quantitative estimate of drug-likeness (QED) is 0.650. The first-order chi connectivity index (χ1) is 7.47. The van der Waals surface area contributed by atoms with Gasteiger partial charge in [0.1, 0.15) is 11.5 Å². The molecule has 16 heavy (non-hydrogen) atoms. The van der Waals surface area contributed by atoms with Crippen LogP contribution in [0.25, 0.3) is 0 Å². The third-order valence-corrected chi connectivity index (χ3v) is 2.38. The monoisotopic (exact) mass is 247 g/mol. The standard InChI is InChI=1S/C9H11ClFN3O2/c1-13(3-2-12)8-5-7(11)6(10)4-9(8)14(15)16/h4-5H,2-3,12H2,1H3. The molecule has 0 aliphatic carbocycles. The molecule has 0 heterocycles. The number of likely N-dealkylation sites (N-methyl/N-ethyl adjacent to an activating group) is 1. The maximum atomic E-state index is 13.2. The average molecular weight is 248 g/mol. The summed E-state index contributed by atoms with van der Waals surface area (Å²) in [6.07, 6.45) is 0. The van der Waals surface area contributed by atoms with E-state index in [1.165, 1.54) is 4.90 Å². The number of nitrogens with zero attached hydrogens (tertiary/aromatic N) is 2. The Morgan fingerprint density at radius 1 is 1.62 bits per heavy atom. The van der Waals surface area contributed by atoms with Crippen LogP contribution in [0.4, 0.5) is 15.8 Å². The number of anilines is 1. The number of benzene rings is 1. The van der Waals surface area contributed by atoms with Crippen LogP contribution in [0.5, 0.6) is 0 Å². The van der Waals surface area contributed by atoms with Crippen molar-refractivity contribution in [1.82, 2.24) is 0 Å². The van der Waals surface area contributed by atoms with Crippen molar-refractivity contribution in [2.45, 2.75) is 0 Å². The maximum Gasteiger partial charge on any atom is 0.294 e. The van der Waals surface area contributed by atoms with Gasteiger partial charge in [-0.1, -0.05) is 11.6 Å². The van der Waals surface area contributed by atoms with E-state index in [9.17, 15) is 14.5 Å². The minimum Gasteiger partial charge on any atom is -0.368 e. The van der Waals surface area contributed by atoms with Crippen LogP contribution in [0.2, 0.25) is 5.02 Å². The lowest BCUT2D eigenvalue weighted by Crippen LogP contribution is -2.25. The Hall–Kier alpha value is -1.40. The molecule has 0 saturated carbocycles. The third-order valence-electron chi connectivity index (χ3n) is 2.09. The maximum absolute atomic E-state index is 13.2. The van der Waals surface area contributed by atoms with E-state index in [1.807, 2.05) is 0 Å². The van der Waals surface area contributed by atoms with Crippen molar-refractivity contribution in [3.63, 3.8) is 0 Å². The number of nitro benzene ring substituents is 1. The SMILES string of the molecule is CN(CCN)c1cc(F)c(Cl)cc1[N+](=O)[O-]. The summed E-state index contributed by atoms with van der Waals surface area (Å²) in [6, 6.07) is 2.04. The van der Waals surface area contributed by atoms with Crippen molar-refractivity contribution in [1.29, 1.82) is 0 Å². The lowest BCUT2D eigenvalue weighted by molar-refractivity contribution is -0.384. The molecule has 0 amide bonds. The molecule has 7 heteroatoms. The molecule has 0 radical (unpaired) electrons.